The van der Waals surface area contributed by atoms with Crippen molar-refractivity contribution < 1.29 is 4.74 Å². The summed E-state index contributed by atoms with van der Waals surface area (Å²) in [7, 11) is 0. The lowest BCUT2D eigenvalue weighted by Crippen LogP contribution is -2.13. The van der Waals surface area contributed by atoms with E-state index in [1.807, 2.05) is 6.92 Å². The second kappa shape index (κ2) is 5.17. The molecule has 0 saturated carbocycles. The third kappa shape index (κ3) is 2.86. The van der Waals surface area contributed by atoms with Gasteiger partial charge in [0.2, 0.25) is 0 Å². The molecule has 1 aromatic carbocycles. The van der Waals surface area contributed by atoms with Crippen LogP contribution in [0.1, 0.15) is 30.9 Å². The molecule has 86 valence electrons. The van der Waals surface area contributed by atoms with E-state index in [9.17, 15) is 0 Å². The van der Waals surface area contributed by atoms with Gasteiger partial charge in [-0.15, -0.1) is 0 Å². The molecular weight excluding hydrogens is 198 g/mol. The number of ether oxygens (including phenoxy) is 1. The highest BCUT2D eigenvalue weighted by molar-refractivity contribution is 5.54. The van der Waals surface area contributed by atoms with Crippen molar-refractivity contribution in [3.63, 3.8) is 0 Å². The normalized spacial score (nSPS) is 16.1. The molecule has 1 aliphatic heterocycles. The maximum atomic E-state index is 5.70. The van der Waals surface area contributed by atoms with Gasteiger partial charge >= 0.3 is 0 Å². The van der Waals surface area contributed by atoms with Gasteiger partial charge in [-0.1, -0.05) is 18.2 Å². The minimum atomic E-state index is 0.290. The fourth-order valence-corrected chi connectivity index (χ4v) is 1.89. The third-order valence-corrected chi connectivity index (χ3v) is 2.81. The zero-order chi connectivity index (χ0) is 11.4. The molecule has 2 nitrogen and oxygen atoms in total. The Morgan fingerprint density at radius 1 is 1.50 bits per heavy atom. The summed E-state index contributed by atoms with van der Waals surface area (Å²) in [6.45, 7) is 2.87. The molecule has 0 aromatic heterocycles. The van der Waals surface area contributed by atoms with Crippen LogP contribution in [-0.2, 0) is 6.42 Å². The summed E-state index contributed by atoms with van der Waals surface area (Å²) >= 11 is 0. The van der Waals surface area contributed by atoms with Gasteiger partial charge in [-0.05, 0) is 43.0 Å². The third-order valence-electron chi connectivity index (χ3n) is 2.81. The quantitative estimate of drug-likeness (QED) is 0.841. The highest BCUT2D eigenvalue weighted by Crippen LogP contribution is 2.26. The topological polar surface area (TPSA) is 35.2 Å². The van der Waals surface area contributed by atoms with Crippen LogP contribution in [0.4, 0.5) is 0 Å². The van der Waals surface area contributed by atoms with E-state index in [2.05, 4.69) is 30.4 Å². The molecule has 1 heterocycles. The van der Waals surface area contributed by atoms with Crippen LogP contribution in [-0.4, -0.2) is 12.6 Å². The zero-order valence-electron chi connectivity index (χ0n) is 9.78. The molecule has 1 aliphatic rings. The standard InChI is InChI=1S/C14H19NO/c1-11(15)4-2-3-5-12-6-7-14-13(10-12)8-9-16-14/h3,5-7,10-11H,2,4,8-9,15H2,1H3/b5-3+. The first-order valence-electron chi connectivity index (χ1n) is 5.93. The maximum Gasteiger partial charge on any atom is 0.122 e. The molecule has 0 fully saturated rings. The number of hydrogen-bond acceptors (Lipinski definition) is 2. The van der Waals surface area contributed by atoms with E-state index in [0.717, 1.165) is 31.6 Å². The lowest BCUT2D eigenvalue weighted by atomic mass is 10.1. The van der Waals surface area contributed by atoms with E-state index in [1.165, 1.54) is 11.1 Å². The van der Waals surface area contributed by atoms with Gasteiger partial charge in [-0.3, -0.25) is 0 Å². The Hall–Kier alpha value is -1.28. The highest BCUT2D eigenvalue weighted by atomic mass is 16.5. The molecule has 1 aromatic rings. The summed E-state index contributed by atoms with van der Waals surface area (Å²) in [6.07, 6.45) is 7.49. The Morgan fingerprint density at radius 2 is 2.38 bits per heavy atom. The summed E-state index contributed by atoms with van der Waals surface area (Å²) in [5.74, 6) is 1.05. The lowest BCUT2D eigenvalue weighted by Gasteiger charge is -2.01. The van der Waals surface area contributed by atoms with E-state index < -0.39 is 0 Å². The zero-order valence-corrected chi connectivity index (χ0v) is 9.78. The monoisotopic (exact) mass is 217 g/mol. The van der Waals surface area contributed by atoms with Crippen molar-refractivity contribution in [3.05, 3.63) is 35.4 Å². The molecule has 2 N–H and O–H groups in total. The number of rotatable bonds is 4. The van der Waals surface area contributed by atoms with Crippen molar-refractivity contribution in [1.82, 2.24) is 0 Å². The molecule has 2 heteroatoms. The van der Waals surface area contributed by atoms with Crippen molar-refractivity contribution >= 4 is 6.08 Å². The number of fused-ring (bicyclic) bond motifs is 1. The van der Waals surface area contributed by atoms with Crippen molar-refractivity contribution in [1.29, 1.82) is 0 Å². The average molecular weight is 217 g/mol. The van der Waals surface area contributed by atoms with Crippen molar-refractivity contribution in [2.75, 3.05) is 6.61 Å². The smallest absolute Gasteiger partial charge is 0.122 e. The second-order valence-corrected chi connectivity index (χ2v) is 4.42. The first kappa shape index (κ1) is 11.2. The summed E-state index contributed by atoms with van der Waals surface area (Å²) in [5.41, 5.74) is 8.28. The molecule has 0 amide bonds. The predicted molar refractivity (Wildman–Crippen MR) is 67.6 cm³/mol. The molecule has 16 heavy (non-hydrogen) atoms. The Bertz CT molecular complexity index is 382. The van der Waals surface area contributed by atoms with Gasteiger partial charge in [-0.25, -0.2) is 0 Å². The first-order chi connectivity index (χ1) is 7.75. The van der Waals surface area contributed by atoms with Crippen LogP contribution in [0.25, 0.3) is 6.08 Å². The molecule has 1 unspecified atom stereocenters. The summed E-state index contributed by atoms with van der Waals surface area (Å²) in [5, 5.41) is 0. The number of hydrogen-bond donors (Lipinski definition) is 1. The molecule has 1 atom stereocenters. The van der Waals surface area contributed by atoms with Crippen molar-refractivity contribution in [2.24, 2.45) is 5.73 Å². The molecule has 0 bridgehead atoms. The summed E-state index contributed by atoms with van der Waals surface area (Å²) in [6, 6.07) is 6.67. The van der Waals surface area contributed by atoms with Crippen LogP contribution in [0.2, 0.25) is 0 Å². The van der Waals surface area contributed by atoms with E-state index >= 15 is 0 Å². The number of nitrogens with two attached hydrogens (primary N) is 1. The first-order valence-corrected chi connectivity index (χ1v) is 5.93. The molecule has 0 radical (unpaired) electrons. The second-order valence-electron chi connectivity index (χ2n) is 4.42. The van der Waals surface area contributed by atoms with E-state index in [0.29, 0.717) is 0 Å². The average Bonchev–Trinajstić information content (AvgIpc) is 2.71. The van der Waals surface area contributed by atoms with Crippen LogP contribution in [0.3, 0.4) is 0 Å². The molecular formula is C14H19NO. The highest BCUT2D eigenvalue weighted by Gasteiger charge is 2.10. The fraction of sp³-hybridized carbons (Fsp3) is 0.429. The fourth-order valence-electron chi connectivity index (χ4n) is 1.89. The van der Waals surface area contributed by atoms with Crippen LogP contribution >= 0.6 is 0 Å². The van der Waals surface area contributed by atoms with Crippen LogP contribution < -0.4 is 10.5 Å². The van der Waals surface area contributed by atoms with Gasteiger partial charge in [0.05, 0.1) is 6.61 Å². The number of benzene rings is 1. The van der Waals surface area contributed by atoms with Crippen LogP contribution in [0.15, 0.2) is 24.3 Å². The van der Waals surface area contributed by atoms with E-state index in [1.54, 1.807) is 0 Å². The summed E-state index contributed by atoms with van der Waals surface area (Å²) in [4.78, 5) is 0. The van der Waals surface area contributed by atoms with Gasteiger partial charge in [0.1, 0.15) is 5.75 Å². The van der Waals surface area contributed by atoms with Crippen molar-refractivity contribution in [3.8, 4) is 5.75 Å². The van der Waals surface area contributed by atoms with Gasteiger partial charge in [0.25, 0.3) is 0 Å². The summed E-state index contributed by atoms with van der Waals surface area (Å²) < 4.78 is 5.47. The molecule has 0 spiro atoms. The van der Waals surface area contributed by atoms with Crippen LogP contribution in [0, 0.1) is 0 Å². The van der Waals surface area contributed by atoms with Crippen molar-refractivity contribution in [2.45, 2.75) is 32.2 Å². The Morgan fingerprint density at radius 3 is 3.19 bits per heavy atom. The Kier molecular flexibility index (Phi) is 3.62. The minimum Gasteiger partial charge on any atom is -0.493 e. The largest absolute Gasteiger partial charge is 0.493 e. The Labute approximate surface area is 97.1 Å². The molecule has 0 aliphatic carbocycles. The lowest BCUT2D eigenvalue weighted by molar-refractivity contribution is 0.357. The van der Waals surface area contributed by atoms with Gasteiger partial charge in [0.15, 0.2) is 0 Å². The number of allylic oxidation sites excluding steroid dienone is 1. The van der Waals surface area contributed by atoms with Gasteiger partial charge in [0, 0.05) is 12.5 Å². The maximum absolute atomic E-state index is 5.70. The van der Waals surface area contributed by atoms with Gasteiger partial charge in [-0.2, -0.15) is 0 Å². The molecule has 0 saturated heterocycles. The predicted octanol–water partition coefficient (Wildman–Crippen LogP) is 2.76. The Balaban J connectivity index is 1.94. The van der Waals surface area contributed by atoms with Crippen LogP contribution in [0.5, 0.6) is 5.75 Å². The SMILES string of the molecule is CC(N)CC/C=C/c1ccc2c(c1)CCO2. The molecule has 2 rings (SSSR count). The van der Waals surface area contributed by atoms with Gasteiger partial charge < -0.3 is 10.5 Å². The van der Waals surface area contributed by atoms with E-state index in [-0.39, 0.29) is 6.04 Å². The minimum absolute atomic E-state index is 0.290. The van der Waals surface area contributed by atoms with E-state index in [4.69, 9.17) is 10.5 Å².